The van der Waals surface area contributed by atoms with Crippen LogP contribution in [-0.2, 0) is 9.22 Å². The number of hydrogen-bond acceptors (Lipinski definition) is 2. The molecule has 61 valence electrons. The molecule has 0 aliphatic rings. The van der Waals surface area contributed by atoms with Crippen molar-refractivity contribution in [2.24, 2.45) is 0 Å². The van der Waals surface area contributed by atoms with Gasteiger partial charge >= 0.3 is 16.5 Å². The first-order chi connectivity index (χ1) is 5.75. The Hall–Kier alpha value is -0.803. The Morgan fingerprint density at radius 2 is 2.00 bits per heavy atom. The Labute approximate surface area is 79.0 Å². The lowest BCUT2D eigenvalue weighted by Gasteiger charge is -2.06. The molecule has 1 atom stereocenters. The lowest BCUT2D eigenvalue weighted by atomic mass is 10.1. The molecule has 4 heteroatoms. The second-order valence-corrected chi connectivity index (χ2v) is 2.83. The molecule has 1 unspecified atom stereocenters. The van der Waals surface area contributed by atoms with Gasteiger partial charge in [-0.15, -0.1) is 11.6 Å². The Balaban J connectivity index is 2.78. The highest BCUT2D eigenvalue weighted by Gasteiger charge is 2.16. The van der Waals surface area contributed by atoms with E-state index in [1.807, 2.05) is 18.2 Å². The first-order valence-corrected chi connectivity index (χ1v) is 4.16. The predicted octanol–water partition coefficient (Wildman–Crippen LogP) is 1.59. The molecule has 1 rings (SSSR count). The molecular weight excluding hydrogens is 192 g/mol. The average Bonchev–Trinajstić information content (AvgIpc) is 2.17. The van der Waals surface area contributed by atoms with Crippen LogP contribution in [0, 0.1) is 0 Å². The fraction of sp³-hybridized carbons (Fsp3) is 0.125. The van der Waals surface area contributed by atoms with Crippen LogP contribution in [0.25, 0.3) is 0 Å². The first-order valence-electron chi connectivity index (χ1n) is 3.32. The SMILES string of the molecule is O=C(O[Si])C(Cl)c1ccccc1. The molecule has 0 amide bonds. The highest BCUT2D eigenvalue weighted by Crippen LogP contribution is 2.20. The molecule has 12 heavy (non-hydrogen) atoms. The van der Waals surface area contributed by atoms with Crippen molar-refractivity contribution in [2.75, 3.05) is 0 Å². The Kier molecular flexibility index (Phi) is 3.31. The van der Waals surface area contributed by atoms with E-state index < -0.39 is 11.3 Å². The van der Waals surface area contributed by atoms with Gasteiger partial charge in [0.15, 0.2) is 5.38 Å². The van der Waals surface area contributed by atoms with E-state index in [1.54, 1.807) is 12.1 Å². The van der Waals surface area contributed by atoms with Crippen molar-refractivity contribution in [3.05, 3.63) is 35.9 Å². The molecule has 0 spiro atoms. The minimum Gasteiger partial charge on any atom is -0.515 e. The summed E-state index contributed by atoms with van der Waals surface area (Å²) < 4.78 is 4.30. The molecule has 0 saturated carbocycles. The maximum absolute atomic E-state index is 10.9. The van der Waals surface area contributed by atoms with Crippen molar-refractivity contribution in [3.8, 4) is 0 Å². The third kappa shape index (κ3) is 2.09. The van der Waals surface area contributed by atoms with Gasteiger partial charge < -0.3 is 4.43 Å². The maximum atomic E-state index is 10.9. The van der Waals surface area contributed by atoms with E-state index in [0.29, 0.717) is 0 Å². The van der Waals surface area contributed by atoms with Crippen LogP contribution in [-0.4, -0.2) is 16.5 Å². The lowest BCUT2D eigenvalue weighted by molar-refractivity contribution is -0.133. The van der Waals surface area contributed by atoms with Crippen LogP contribution >= 0.6 is 11.6 Å². The molecule has 1 aromatic carbocycles. The number of carbonyl (C=O) groups is 1. The van der Waals surface area contributed by atoms with E-state index in [9.17, 15) is 4.79 Å². The van der Waals surface area contributed by atoms with E-state index in [2.05, 4.69) is 14.9 Å². The molecule has 0 saturated heterocycles. The van der Waals surface area contributed by atoms with Gasteiger partial charge in [-0.25, -0.2) is 0 Å². The minimum atomic E-state index is -0.747. The van der Waals surface area contributed by atoms with E-state index in [4.69, 9.17) is 11.6 Å². The van der Waals surface area contributed by atoms with Gasteiger partial charge in [-0.2, -0.15) is 0 Å². The van der Waals surface area contributed by atoms with Crippen LogP contribution in [0.4, 0.5) is 0 Å². The van der Waals surface area contributed by atoms with Crippen LogP contribution in [0.2, 0.25) is 0 Å². The number of carbonyl (C=O) groups excluding carboxylic acids is 1. The molecule has 1 aromatic rings. The quantitative estimate of drug-likeness (QED) is 0.532. The Morgan fingerprint density at radius 1 is 1.42 bits per heavy atom. The summed E-state index contributed by atoms with van der Waals surface area (Å²) in [6.45, 7) is 0. The number of benzene rings is 1. The van der Waals surface area contributed by atoms with Gasteiger partial charge in [0.05, 0.1) is 0 Å². The topological polar surface area (TPSA) is 26.3 Å². The summed E-state index contributed by atoms with van der Waals surface area (Å²) in [5.74, 6) is -0.514. The van der Waals surface area contributed by atoms with Gasteiger partial charge in [-0.05, 0) is 5.56 Å². The smallest absolute Gasteiger partial charge is 0.345 e. The van der Waals surface area contributed by atoms with Gasteiger partial charge in [0.2, 0.25) is 0 Å². The molecule has 0 aliphatic heterocycles. The van der Waals surface area contributed by atoms with Crippen LogP contribution in [0.15, 0.2) is 30.3 Å². The molecule has 0 fully saturated rings. The molecule has 3 radical (unpaired) electrons. The van der Waals surface area contributed by atoms with E-state index in [1.165, 1.54) is 0 Å². The molecule has 0 aromatic heterocycles. The van der Waals surface area contributed by atoms with E-state index in [0.717, 1.165) is 5.56 Å². The molecule has 2 nitrogen and oxygen atoms in total. The summed E-state index contributed by atoms with van der Waals surface area (Å²) in [6, 6.07) is 9.01. The van der Waals surface area contributed by atoms with Crippen molar-refractivity contribution in [2.45, 2.75) is 5.38 Å². The summed E-state index contributed by atoms with van der Waals surface area (Å²) in [5, 5.41) is -0.747. The fourth-order valence-electron chi connectivity index (χ4n) is 0.810. The third-order valence-corrected chi connectivity index (χ3v) is 2.03. The van der Waals surface area contributed by atoms with Crippen molar-refractivity contribution >= 4 is 28.1 Å². The first kappa shape index (κ1) is 9.29. The zero-order valence-electron chi connectivity index (χ0n) is 6.16. The predicted molar refractivity (Wildman–Crippen MR) is 46.9 cm³/mol. The normalized spacial score (nSPS) is 12.2. The molecule has 0 bridgehead atoms. The second-order valence-electron chi connectivity index (χ2n) is 2.19. The van der Waals surface area contributed by atoms with Gasteiger partial charge in [0.25, 0.3) is 0 Å². The number of hydrogen-bond donors (Lipinski definition) is 0. The monoisotopic (exact) mass is 197 g/mol. The molecule has 0 heterocycles. The summed E-state index contributed by atoms with van der Waals surface area (Å²) in [4.78, 5) is 10.9. The minimum absolute atomic E-state index is 0.514. The average molecular weight is 198 g/mol. The van der Waals surface area contributed by atoms with Crippen molar-refractivity contribution in [3.63, 3.8) is 0 Å². The van der Waals surface area contributed by atoms with Crippen molar-refractivity contribution < 1.29 is 9.22 Å². The summed E-state index contributed by atoms with van der Waals surface area (Å²) in [5.41, 5.74) is 0.724. The molecule has 0 aliphatic carbocycles. The highest BCUT2D eigenvalue weighted by atomic mass is 35.5. The fourth-order valence-corrected chi connectivity index (χ4v) is 1.19. The third-order valence-electron chi connectivity index (χ3n) is 1.40. The number of rotatable bonds is 2. The Bertz CT molecular complexity index is 263. The molecule has 0 N–H and O–H groups in total. The highest BCUT2D eigenvalue weighted by molar-refractivity contribution is 6.31. The maximum Gasteiger partial charge on any atom is 0.345 e. The van der Waals surface area contributed by atoms with Crippen molar-refractivity contribution in [1.29, 1.82) is 0 Å². The van der Waals surface area contributed by atoms with Crippen LogP contribution in [0.5, 0.6) is 0 Å². The van der Waals surface area contributed by atoms with Gasteiger partial charge in [-0.1, -0.05) is 30.3 Å². The zero-order chi connectivity index (χ0) is 8.97. The summed E-state index contributed by atoms with van der Waals surface area (Å²) >= 11 is 5.75. The molecular formula is C8H6ClO2Si. The number of alkyl halides is 1. The largest absolute Gasteiger partial charge is 0.515 e. The van der Waals surface area contributed by atoms with Crippen LogP contribution < -0.4 is 0 Å². The van der Waals surface area contributed by atoms with Gasteiger partial charge in [0.1, 0.15) is 0 Å². The standard InChI is InChI=1S/C8H6ClO2Si/c9-7(8(10)11-12)6-4-2-1-3-5-6/h1-5,7H. The summed E-state index contributed by atoms with van der Waals surface area (Å²) in [7, 11) is 2.63. The van der Waals surface area contributed by atoms with Gasteiger partial charge in [0, 0.05) is 0 Å². The van der Waals surface area contributed by atoms with Crippen LogP contribution in [0.1, 0.15) is 10.9 Å². The second kappa shape index (κ2) is 4.28. The van der Waals surface area contributed by atoms with Crippen molar-refractivity contribution in [1.82, 2.24) is 0 Å². The number of halogens is 1. The van der Waals surface area contributed by atoms with E-state index in [-0.39, 0.29) is 0 Å². The van der Waals surface area contributed by atoms with E-state index >= 15 is 0 Å². The lowest BCUT2D eigenvalue weighted by Crippen LogP contribution is -2.08. The van der Waals surface area contributed by atoms with Gasteiger partial charge in [-0.3, -0.25) is 4.79 Å². The zero-order valence-corrected chi connectivity index (χ0v) is 7.91. The van der Waals surface area contributed by atoms with Crippen LogP contribution in [0.3, 0.4) is 0 Å². The Morgan fingerprint density at radius 3 is 2.50 bits per heavy atom. The summed E-state index contributed by atoms with van der Waals surface area (Å²) in [6.07, 6.45) is 0.